The number of imidazole rings is 1. The Morgan fingerprint density at radius 3 is 2.06 bits per heavy atom. The topological polar surface area (TPSA) is 76.2 Å². The summed E-state index contributed by atoms with van der Waals surface area (Å²) < 4.78 is 10.7. The molecule has 0 radical (unpaired) electrons. The Bertz CT molecular complexity index is 1540. The molecule has 6 nitrogen and oxygen atoms in total. The van der Waals surface area contributed by atoms with Crippen molar-refractivity contribution >= 4 is 41.1 Å². The Morgan fingerprint density at radius 1 is 0.816 bits per heavy atom. The van der Waals surface area contributed by atoms with Crippen LogP contribution in [0.5, 0.6) is 11.5 Å². The molecule has 2 N–H and O–H groups in total. The van der Waals surface area contributed by atoms with Crippen LogP contribution in [0.25, 0.3) is 0 Å². The number of unbranched alkanes of at least 4 members (excludes halogenated alkanes) is 2. The summed E-state index contributed by atoms with van der Waals surface area (Å²) in [7, 11) is 0. The fraction of sp³-hybridized carbons (Fsp3) is 0.300. The molecule has 1 heterocycles. The highest BCUT2D eigenvalue weighted by Gasteiger charge is 2.04. The molecule has 1 aromatic heterocycles. The van der Waals surface area contributed by atoms with Crippen LogP contribution in [0, 0.1) is 0 Å². The van der Waals surface area contributed by atoms with Gasteiger partial charge < -0.3 is 19.8 Å². The summed E-state index contributed by atoms with van der Waals surface area (Å²) in [6.45, 7) is 9.53. The average molecular weight is 723 g/mol. The van der Waals surface area contributed by atoms with Gasteiger partial charge in [-0.1, -0.05) is 124 Å². The molecule has 1 amide bonds. The third-order valence-corrected chi connectivity index (χ3v) is 8.13. The number of carbonyl (C=O) groups excluding carboxylic acids is 1. The lowest BCUT2D eigenvalue weighted by Crippen LogP contribution is -2.25. The van der Waals surface area contributed by atoms with Gasteiger partial charge in [0.2, 0.25) is 0 Å². The first kappa shape index (κ1) is 41.3. The van der Waals surface area contributed by atoms with Gasteiger partial charge in [-0.2, -0.15) is 0 Å². The number of nitrogens with zero attached hydrogens (tertiary/aromatic N) is 1. The molecule has 0 fully saturated rings. The summed E-state index contributed by atoms with van der Waals surface area (Å²) in [6.07, 6.45) is 8.55. The first-order valence-electron chi connectivity index (χ1n) is 16.7. The SMILES string of the molecule is CCCCCNC(=O)OCc1ccccc1.CCSc1ccccc1.CCc1ccc(Oc2ccc(Cl)cc2Cl)cc1.CCc1cnc[nH]1. The first-order valence-corrected chi connectivity index (χ1v) is 18.4. The largest absolute Gasteiger partial charge is 0.456 e. The zero-order valence-corrected chi connectivity index (χ0v) is 31.3. The van der Waals surface area contributed by atoms with Crippen molar-refractivity contribution in [2.75, 3.05) is 12.3 Å². The molecule has 0 aliphatic rings. The van der Waals surface area contributed by atoms with Crippen molar-refractivity contribution in [2.24, 2.45) is 0 Å². The van der Waals surface area contributed by atoms with Crippen LogP contribution in [0.3, 0.4) is 0 Å². The fourth-order valence-corrected chi connectivity index (χ4v) is 5.11. The van der Waals surface area contributed by atoms with Crippen LogP contribution < -0.4 is 10.1 Å². The van der Waals surface area contributed by atoms with Crippen LogP contribution in [0.2, 0.25) is 10.0 Å². The van der Waals surface area contributed by atoms with Crippen LogP contribution in [0.4, 0.5) is 4.79 Å². The number of hydrogen-bond acceptors (Lipinski definition) is 5. The Morgan fingerprint density at radius 2 is 1.51 bits per heavy atom. The predicted molar refractivity (Wildman–Crippen MR) is 207 cm³/mol. The first-order chi connectivity index (χ1) is 23.9. The number of halogens is 2. The highest BCUT2D eigenvalue weighted by Crippen LogP contribution is 2.31. The number of alkyl carbamates (subject to hydrolysis) is 1. The number of rotatable bonds is 12. The second-order valence-corrected chi connectivity index (χ2v) is 12.7. The quantitative estimate of drug-likeness (QED) is 0.0990. The van der Waals surface area contributed by atoms with E-state index < -0.39 is 0 Å². The number of ether oxygens (including phenoxy) is 2. The van der Waals surface area contributed by atoms with Gasteiger partial charge in [-0.3, -0.25) is 0 Å². The van der Waals surface area contributed by atoms with Gasteiger partial charge >= 0.3 is 6.09 Å². The molecule has 9 heteroatoms. The van der Waals surface area contributed by atoms with E-state index in [-0.39, 0.29) is 6.09 Å². The number of benzene rings is 4. The summed E-state index contributed by atoms with van der Waals surface area (Å²) in [5.41, 5.74) is 3.48. The summed E-state index contributed by atoms with van der Waals surface area (Å²) >= 11 is 13.7. The lowest BCUT2D eigenvalue weighted by molar-refractivity contribution is 0.139. The van der Waals surface area contributed by atoms with E-state index in [1.807, 2.05) is 78.6 Å². The number of nitrogens with one attached hydrogen (secondary N) is 2. The van der Waals surface area contributed by atoms with Crippen LogP contribution in [0.15, 0.2) is 121 Å². The molecule has 0 unspecified atom stereocenters. The van der Waals surface area contributed by atoms with Gasteiger partial charge in [0.25, 0.3) is 0 Å². The van der Waals surface area contributed by atoms with Crippen molar-refractivity contribution in [2.45, 2.75) is 71.3 Å². The third kappa shape index (κ3) is 19.0. The van der Waals surface area contributed by atoms with E-state index in [1.165, 1.54) is 16.2 Å². The van der Waals surface area contributed by atoms with Crippen molar-refractivity contribution in [1.29, 1.82) is 0 Å². The monoisotopic (exact) mass is 721 g/mol. The minimum absolute atomic E-state index is 0.333. The van der Waals surface area contributed by atoms with E-state index in [9.17, 15) is 4.79 Å². The van der Waals surface area contributed by atoms with Crippen LogP contribution in [-0.4, -0.2) is 28.4 Å². The van der Waals surface area contributed by atoms with E-state index in [1.54, 1.807) is 24.5 Å². The Labute approximate surface area is 307 Å². The normalized spacial score (nSPS) is 9.84. The maximum absolute atomic E-state index is 11.2. The predicted octanol–water partition coefficient (Wildman–Crippen LogP) is 12.2. The molecule has 0 atom stereocenters. The molecular formula is C40H49Cl2N3O3S. The number of thioether (sulfide) groups is 1. The van der Waals surface area contributed by atoms with Crippen LogP contribution in [0.1, 0.15) is 63.8 Å². The van der Waals surface area contributed by atoms with E-state index >= 15 is 0 Å². The summed E-state index contributed by atoms with van der Waals surface area (Å²) in [6, 6.07) is 33.2. The van der Waals surface area contributed by atoms with Gasteiger partial charge in [0.05, 0.1) is 11.3 Å². The van der Waals surface area contributed by atoms with Gasteiger partial charge in [0, 0.05) is 28.4 Å². The Balaban J connectivity index is 0.000000240. The summed E-state index contributed by atoms with van der Waals surface area (Å²) in [5.74, 6) is 2.54. The maximum atomic E-state index is 11.2. The van der Waals surface area contributed by atoms with Crippen molar-refractivity contribution in [3.05, 3.63) is 143 Å². The minimum atomic E-state index is -0.333. The van der Waals surface area contributed by atoms with Crippen LogP contribution in [-0.2, 0) is 24.2 Å². The number of amides is 1. The van der Waals surface area contributed by atoms with E-state index in [0.717, 1.165) is 49.2 Å². The lowest BCUT2D eigenvalue weighted by atomic mass is 10.2. The molecule has 0 saturated heterocycles. The minimum Gasteiger partial charge on any atom is -0.456 e. The van der Waals surface area contributed by atoms with E-state index in [0.29, 0.717) is 28.9 Å². The molecule has 0 saturated carbocycles. The van der Waals surface area contributed by atoms with Gasteiger partial charge in [-0.05, 0) is 78.6 Å². The molecule has 49 heavy (non-hydrogen) atoms. The van der Waals surface area contributed by atoms with Gasteiger partial charge in [0.15, 0.2) is 0 Å². The van der Waals surface area contributed by atoms with Crippen molar-refractivity contribution in [3.63, 3.8) is 0 Å². The standard InChI is InChI=1S/C14H12Cl2O.C13H19NO2.C8H10S.C5H8N2/c1-2-10-3-6-12(7-4-10)17-14-8-5-11(15)9-13(14)16;1-2-3-7-10-14-13(15)16-11-12-8-5-4-6-9-12;1-2-9-8-6-4-3-5-7-8;1-2-5-3-6-4-7-5/h3-9H,2H2,1H3;4-6,8-9H,2-3,7,10-11H2,1H3,(H,14,15);3-7H,2H2,1H3;3-4H,2H2,1H3,(H,6,7). The zero-order valence-electron chi connectivity index (χ0n) is 29.0. The molecular weight excluding hydrogens is 673 g/mol. The molecule has 5 rings (SSSR count). The number of H-pyrrole nitrogens is 1. The Hall–Kier alpha value is -3.91. The maximum Gasteiger partial charge on any atom is 0.407 e. The molecule has 0 spiro atoms. The zero-order chi connectivity index (χ0) is 35.5. The Kier molecular flexibility index (Phi) is 21.9. The van der Waals surface area contributed by atoms with Gasteiger partial charge in [0.1, 0.15) is 18.1 Å². The lowest BCUT2D eigenvalue weighted by Gasteiger charge is -2.08. The number of aromatic amines is 1. The molecule has 4 aromatic carbocycles. The molecule has 0 bridgehead atoms. The van der Waals surface area contributed by atoms with Crippen LogP contribution >= 0.6 is 35.0 Å². The molecule has 5 aromatic rings. The van der Waals surface area contributed by atoms with Crippen molar-refractivity contribution in [1.82, 2.24) is 15.3 Å². The molecule has 0 aliphatic carbocycles. The number of aromatic nitrogens is 2. The second-order valence-electron chi connectivity index (χ2n) is 10.5. The summed E-state index contributed by atoms with van der Waals surface area (Å²) in [4.78, 5) is 19.4. The number of carbonyl (C=O) groups is 1. The summed E-state index contributed by atoms with van der Waals surface area (Å²) in [5, 5.41) is 3.84. The number of aryl methyl sites for hydroxylation is 2. The highest BCUT2D eigenvalue weighted by molar-refractivity contribution is 7.99. The average Bonchev–Trinajstić information content (AvgIpc) is 3.67. The van der Waals surface area contributed by atoms with E-state index in [2.05, 4.69) is 67.2 Å². The molecule has 262 valence electrons. The van der Waals surface area contributed by atoms with Gasteiger partial charge in [-0.25, -0.2) is 9.78 Å². The van der Waals surface area contributed by atoms with Crippen molar-refractivity contribution < 1.29 is 14.3 Å². The number of hydrogen-bond donors (Lipinski definition) is 2. The second kappa shape index (κ2) is 26.0. The van der Waals surface area contributed by atoms with E-state index in [4.69, 9.17) is 32.7 Å². The van der Waals surface area contributed by atoms with Crippen molar-refractivity contribution in [3.8, 4) is 11.5 Å². The molecule has 0 aliphatic heterocycles. The fourth-order valence-electron chi connectivity index (χ4n) is 3.98. The van der Waals surface area contributed by atoms with Gasteiger partial charge in [-0.15, -0.1) is 11.8 Å². The third-order valence-electron chi connectivity index (χ3n) is 6.71. The highest BCUT2D eigenvalue weighted by atomic mass is 35.5. The smallest absolute Gasteiger partial charge is 0.407 e.